The largest absolute Gasteiger partial charge is 0.382 e. The van der Waals surface area contributed by atoms with Gasteiger partial charge in [-0.1, -0.05) is 18.2 Å². The van der Waals surface area contributed by atoms with Crippen molar-refractivity contribution in [3.05, 3.63) is 54.5 Å². The molecule has 3 N–H and O–H groups in total. The monoisotopic (exact) mass is 467 g/mol. The summed E-state index contributed by atoms with van der Waals surface area (Å²) in [6.07, 6.45) is 6.17. The van der Waals surface area contributed by atoms with Gasteiger partial charge in [0.2, 0.25) is 10.0 Å². The second-order valence-corrected chi connectivity index (χ2v) is 9.98. The Balaban J connectivity index is 1.61. The van der Waals surface area contributed by atoms with Gasteiger partial charge in [-0.25, -0.2) is 22.6 Å². The average molecular weight is 468 g/mol. The molecular formula is C22H25N7O3S. The van der Waals surface area contributed by atoms with Crippen LogP contribution in [0, 0.1) is 0 Å². The maximum atomic E-state index is 11.5. The van der Waals surface area contributed by atoms with Crippen LogP contribution in [0.3, 0.4) is 0 Å². The molecule has 33 heavy (non-hydrogen) atoms. The number of nitrogens with two attached hydrogens (primary N) is 1. The number of rotatable bonds is 6. The summed E-state index contributed by atoms with van der Waals surface area (Å²) in [5.41, 5.74) is 11.4. The van der Waals surface area contributed by atoms with Crippen molar-refractivity contribution in [2.24, 2.45) is 0 Å². The van der Waals surface area contributed by atoms with E-state index < -0.39 is 10.0 Å². The van der Waals surface area contributed by atoms with Gasteiger partial charge in [-0.15, -0.1) is 0 Å². The van der Waals surface area contributed by atoms with Gasteiger partial charge in [-0.05, 0) is 36.6 Å². The van der Waals surface area contributed by atoms with Crippen LogP contribution in [-0.4, -0.2) is 52.3 Å². The van der Waals surface area contributed by atoms with Crippen LogP contribution < -0.4 is 10.5 Å². The number of anilines is 1. The molecule has 0 amide bonds. The van der Waals surface area contributed by atoms with E-state index >= 15 is 0 Å². The SMILES string of the molecule is CS(=O)(=O)NCc1cccc(-c2cc(-c3ccnn3C3CCOCC3)c3c(N)ncnn23)c1. The molecule has 5 rings (SSSR count). The number of hydrogen-bond donors (Lipinski definition) is 2. The van der Waals surface area contributed by atoms with Crippen LogP contribution in [0.2, 0.25) is 0 Å². The van der Waals surface area contributed by atoms with Crippen LogP contribution in [0.5, 0.6) is 0 Å². The van der Waals surface area contributed by atoms with Gasteiger partial charge in [0.25, 0.3) is 0 Å². The van der Waals surface area contributed by atoms with Gasteiger partial charge < -0.3 is 10.5 Å². The lowest BCUT2D eigenvalue weighted by molar-refractivity contribution is 0.0667. The molecule has 1 aromatic carbocycles. The van der Waals surface area contributed by atoms with Crippen LogP contribution in [-0.2, 0) is 21.3 Å². The Kier molecular flexibility index (Phi) is 5.60. The number of ether oxygens (including phenoxy) is 1. The smallest absolute Gasteiger partial charge is 0.209 e. The highest BCUT2D eigenvalue weighted by Crippen LogP contribution is 2.36. The fourth-order valence-electron chi connectivity index (χ4n) is 4.27. The first-order chi connectivity index (χ1) is 15.9. The molecule has 0 bridgehead atoms. The molecule has 0 aliphatic carbocycles. The highest BCUT2D eigenvalue weighted by atomic mass is 32.2. The molecule has 1 saturated heterocycles. The van der Waals surface area contributed by atoms with Crippen molar-refractivity contribution in [2.45, 2.75) is 25.4 Å². The van der Waals surface area contributed by atoms with Gasteiger partial charge in [-0.3, -0.25) is 4.68 Å². The Morgan fingerprint density at radius 2 is 1.97 bits per heavy atom. The second kappa shape index (κ2) is 8.58. The van der Waals surface area contributed by atoms with E-state index in [1.807, 2.05) is 41.1 Å². The summed E-state index contributed by atoms with van der Waals surface area (Å²) in [6.45, 7) is 1.63. The third-order valence-corrected chi connectivity index (χ3v) is 6.50. The molecule has 4 aromatic rings. The van der Waals surface area contributed by atoms with E-state index in [0.717, 1.165) is 47.2 Å². The summed E-state index contributed by atoms with van der Waals surface area (Å²) in [4.78, 5) is 4.22. The van der Waals surface area contributed by atoms with E-state index in [-0.39, 0.29) is 12.6 Å². The van der Waals surface area contributed by atoms with Crippen LogP contribution in [0.15, 0.2) is 48.9 Å². The van der Waals surface area contributed by atoms with Gasteiger partial charge in [0, 0.05) is 37.1 Å². The molecule has 1 aliphatic rings. The Morgan fingerprint density at radius 3 is 2.76 bits per heavy atom. The number of benzene rings is 1. The first kappa shape index (κ1) is 21.6. The maximum absolute atomic E-state index is 11.5. The lowest BCUT2D eigenvalue weighted by atomic mass is 10.1. The molecule has 10 nitrogen and oxygen atoms in total. The van der Waals surface area contributed by atoms with Gasteiger partial charge in [-0.2, -0.15) is 10.2 Å². The van der Waals surface area contributed by atoms with E-state index in [2.05, 4.69) is 19.9 Å². The third-order valence-electron chi connectivity index (χ3n) is 5.83. The number of fused-ring (bicyclic) bond motifs is 1. The van der Waals surface area contributed by atoms with E-state index in [1.165, 1.54) is 6.33 Å². The summed E-state index contributed by atoms with van der Waals surface area (Å²) in [5.74, 6) is 0.376. The third kappa shape index (κ3) is 4.34. The zero-order chi connectivity index (χ0) is 23.0. The first-order valence-corrected chi connectivity index (χ1v) is 12.6. The quantitative estimate of drug-likeness (QED) is 0.445. The minimum absolute atomic E-state index is 0.205. The summed E-state index contributed by atoms with van der Waals surface area (Å²) < 4.78 is 34.9. The summed E-state index contributed by atoms with van der Waals surface area (Å²) in [7, 11) is -3.29. The molecule has 0 spiro atoms. The van der Waals surface area contributed by atoms with Gasteiger partial charge in [0.15, 0.2) is 5.82 Å². The lowest BCUT2D eigenvalue weighted by Crippen LogP contribution is -2.21. The van der Waals surface area contributed by atoms with Crippen LogP contribution in [0.1, 0.15) is 24.4 Å². The van der Waals surface area contributed by atoms with Crippen molar-refractivity contribution >= 4 is 21.4 Å². The van der Waals surface area contributed by atoms with E-state index in [4.69, 9.17) is 10.5 Å². The number of nitrogen functional groups attached to an aromatic ring is 1. The molecule has 0 radical (unpaired) electrons. The highest BCUT2D eigenvalue weighted by molar-refractivity contribution is 7.88. The highest BCUT2D eigenvalue weighted by Gasteiger charge is 2.23. The van der Waals surface area contributed by atoms with Crippen LogP contribution in [0.4, 0.5) is 5.82 Å². The lowest BCUT2D eigenvalue weighted by Gasteiger charge is -2.24. The number of nitrogens with one attached hydrogen (secondary N) is 1. The van der Waals surface area contributed by atoms with Crippen molar-refractivity contribution in [3.8, 4) is 22.5 Å². The van der Waals surface area contributed by atoms with Gasteiger partial charge in [0.05, 0.1) is 23.7 Å². The average Bonchev–Trinajstić information content (AvgIpc) is 3.44. The molecule has 0 unspecified atom stereocenters. The molecular weight excluding hydrogens is 442 g/mol. The van der Waals surface area contributed by atoms with Crippen molar-refractivity contribution in [2.75, 3.05) is 25.2 Å². The van der Waals surface area contributed by atoms with Gasteiger partial charge >= 0.3 is 0 Å². The molecule has 0 saturated carbocycles. The van der Waals surface area contributed by atoms with Crippen molar-refractivity contribution in [1.29, 1.82) is 0 Å². The fraction of sp³-hybridized carbons (Fsp3) is 0.318. The topological polar surface area (TPSA) is 129 Å². The maximum Gasteiger partial charge on any atom is 0.209 e. The Hall–Kier alpha value is -3.28. The number of aromatic nitrogens is 5. The van der Waals surface area contributed by atoms with Crippen LogP contribution in [0.25, 0.3) is 28.0 Å². The van der Waals surface area contributed by atoms with Crippen LogP contribution >= 0.6 is 0 Å². The Bertz CT molecular complexity index is 1400. The molecule has 1 aliphatic heterocycles. The standard InChI is InChI=1S/C22H25N7O3S/c1-33(30,31)27-13-15-3-2-4-16(11-15)20-12-18(21-22(23)24-14-26-29(20)21)19-5-8-25-28(19)17-6-9-32-10-7-17/h2-5,8,11-12,14,17,27H,6-7,9-10,13H2,1H3,(H2,23,24,26). The molecule has 3 aromatic heterocycles. The molecule has 1 fully saturated rings. The first-order valence-electron chi connectivity index (χ1n) is 10.7. The van der Waals surface area contributed by atoms with E-state index in [9.17, 15) is 8.42 Å². The second-order valence-electron chi connectivity index (χ2n) is 8.15. The minimum Gasteiger partial charge on any atom is -0.382 e. The van der Waals surface area contributed by atoms with Crippen molar-refractivity contribution < 1.29 is 13.2 Å². The Morgan fingerprint density at radius 1 is 1.15 bits per heavy atom. The van der Waals surface area contributed by atoms with E-state index in [0.29, 0.717) is 24.5 Å². The summed E-state index contributed by atoms with van der Waals surface area (Å²) >= 11 is 0. The number of hydrogen-bond acceptors (Lipinski definition) is 7. The molecule has 4 heterocycles. The normalized spacial score (nSPS) is 15.3. The molecule has 11 heteroatoms. The molecule has 0 atom stereocenters. The zero-order valence-electron chi connectivity index (χ0n) is 18.2. The zero-order valence-corrected chi connectivity index (χ0v) is 19.0. The summed E-state index contributed by atoms with van der Waals surface area (Å²) in [6, 6.07) is 11.9. The molecule has 172 valence electrons. The van der Waals surface area contributed by atoms with Crippen molar-refractivity contribution in [1.82, 2.24) is 29.1 Å². The van der Waals surface area contributed by atoms with Crippen molar-refractivity contribution in [3.63, 3.8) is 0 Å². The number of nitrogens with zero attached hydrogens (tertiary/aromatic N) is 5. The Labute approximate surface area is 191 Å². The van der Waals surface area contributed by atoms with E-state index in [1.54, 1.807) is 10.7 Å². The summed E-state index contributed by atoms with van der Waals surface area (Å²) in [5, 5.41) is 9.07. The predicted molar refractivity (Wildman–Crippen MR) is 125 cm³/mol. The minimum atomic E-state index is -3.29. The predicted octanol–water partition coefficient (Wildman–Crippen LogP) is 2.24. The fourth-order valence-corrected chi connectivity index (χ4v) is 4.70. The van der Waals surface area contributed by atoms with Gasteiger partial charge in [0.1, 0.15) is 11.8 Å². The number of sulfonamides is 1.